The van der Waals surface area contributed by atoms with E-state index in [2.05, 4.69) is 66.3 Å². The van der Waals surface area contributed by atoms with E-state index in [1.54, 1.807) is 0 Å². The summed E-state index contributed by atoms with van der Waals surface area (Å²) in [6.07, 6.45) is 0. The molecule has 2 unspecified atom stereocenters. The van der Waals surface area contributed by atoms with Gasteiger partial charge in [-0.25, -0.2) is 0 Å². The minimum atomic E-state index is 0.570. The molecule has 1 aromatic carbocycles. The zero-order chi connectivity index (χ0) is 14.1. The van der Waals surface area contributed by atoms with Gasteiger partial charge in [0.25, 0.3) is 0 Å². The zero-order valence-corrected chi connectivity index (χ0v) is 12.6. The van der Waals surface area contributed by atoms with Crippen molar-refractivity contribution in [2.24, 2.45) is 0 Å². The Morgan fingerprint density at radius 3 is 2.95 bits per heavy atom. The van der Waals surface area contributed by atoms with Crippen LogP contribution in [0.1, 0.15) is 25.1 Å². The molecule has 2 aromatic rings. The number of hydrogen-bond acceptors (Lipinski definition) is 3. The predicted octanol–water partition coefficient (Wildman–Crippen LogP) is 2.73. The van der Waals surface area contributed by atoms with Crippen molar-refractivity contribution < 1.29 is 0 Å². The summed E-state index contributed by atoms with van der Waals surface area (Å²) >= 11 is 0. The first-order valence-corrected chi connectivity index (χ1v) is 7.46. The molecule has 0 aliphatic carbocycles. The van der Waals surface area contributed by atoms with Gasteiger partial charge in [-0.1, -0.05) is 18.2 Å². The Labute approximate surface area is 121 Å². The maximum Gasteiger partial charge on any atom is 0.0708 e. The van der Waals surface area contributed by atoms with Crippen molar-refractivity contribution in [3.8, 4) is 0 Å². The molecule has 20 heavy (non-hydrogen) atoms. The van der Waals surface area contributed by atoms with E-state index >= 15 is 0 Å². The van der Waals surface area contributed by atoms with Gasteiger partial charge in [-0.2, -0.15) is 0 Å². The van der Waals surface area contributed by atoms with Gasteiger partial charge in [0, 0.05) is 42.8 Å². The molecule has 1 aliphatic rings. The second-order valence-corrected chi connectivity index (χ2v) is 6.03. The van der Waals surface area contributed by atoms with Crippen LogP contribution in [0.15, 0.2) is 30.3 Å². The first-order chi connectivity index (χ1) is 9.63. The molecule has 106 valence electrons. The lowest BCUT2D eigenvalue weighted by atomic mass is 10.0. The van der Waals surface area contributed by atoms with Gasteiger partial charge in [-0.3, -0.25) is 9.88 Å². The van der Waals surface area contributed by atoms with Crippen LogP contribution in [0.5, 0.6) is 0 Å². The molecule has 0 saturated carbocycles. The van der Waals surface area contributed by atoms with E-state index in [1.165, 1.54) is 10.9 Å². The largest absolute Gasteiger partial charge is 0.311 e. The molecule has 2 atom stereocenters. The van der Waals surface area contributed by atoms with Crippen molar-refractivity contribution in [2.45, 2.75) is 39.4 Å². The summed E-state index contributed by atoms with van der Waals surface area (Å²) in [5.41, 5.74) is 3.61. The van der Waals surface area contributed by atoms with Crippen molar-refractivity contribution in [1.82, 2.24) is 15.2 Å². The highest BCUT2D eigenvalue weighted by Gasteiger charge is 2.22. The summed E-state index contributed by atoms with van der Waals surface area (Å²) < 4.78 is 0. The van der Waals surface area contributed by atoms with E-state index in [-0.39, 0.29) is 0 Å². The fourth-order valence-corrected chi connectivity index (χ4v) is 3.06. The fourth-order valence-electron chi connectivity index (χ4n) is 3.06. The summed E-state index contributed by atoms with van der Waals surface area (Å²) in [6, 6.07) is 11.9. The van der Waals surface area contributed by atoms with Crippen molar-refractivity contribution in [2.75, 3.05) is 13.1 Å². The summed E-state index contributed by atoms with van der Waals surface area (Å²) in [5.74, 6) is 0. The number of piperazine rings is 1. The number of nitrogens with zero attached hydrogens (tertiary/aromatic N) is 2. The fraction of sp³-hybridized carbons (Fsp3) is 0.471. The molecule has 1 aromatic heterocycles. The molecule has 1 saturated heterocycles. The van der Waals surface area contributed by atoms with Gasteiger partial charge < -0.3 is 5.32 Å². The lowest BCUT2D eigenvalue weighted by Gasteiger charge is -2.37. The van der Waals surface area contributed by atoms with Crippen molar-refractivity contribution >= 4 is 10.9 Å². The first kappa shape index (κ1) is 13.5. The van der Waals surface area contributed by atoms with Gasteiger partial charge in [0.2, 0.25) is 0 Å². The Morgan fingerprint density at radius 1 is 1.30 bits per heavy atom. The number of nitrogens with one attached hydrogen (secondary N) is 1. The predicted molar refractivity (Wildman–Crippen MR) is 83.8 cm³/mol. The number of rotatable bonds is 2. The van der Waals surface area contributed by atoms with E-state index < -0.39 is 0 Å². The van der Waals surface area contributed by atoms with E-state index in [0.29, 0.717) is 12.1 Å². The minimum absolute atomic E-state index is 0.570. The van der Waals surface area contributed by atoms with Gasteiger partial charge in [0.1, 0.15) is 0 Å². The zero-order valence-electron chi connectivity index (χ0n) is 12.6. The molecule has 3 heteroatoms. The molecule has 3 rings (SSSR count). The van der Waals surface area contributed by atoms with E-state index in [4.69, 9.17) is 0 Å². The highest BCUT2D eigenvalue weighted by Crippen LogP contribution is 2.21. The van der Waals surface area contributed by atoms with E-state index in [9.17, 15) is 0 Å². The Bertz CT molecular complexity index is 608. The molecule has 2 heterocycles. The number of pyridine rings is 1. The maximum atomic E-state index is 4.63. The van der Waals surface area contributed by atoms with Crippen LogP contribution in [0.4, 0.5) is 0 Å². The third kappa shape index (κ3) is 2.69. The van der Waals surface area contributed by atoms with Crippen LogP contribution < -0.4 is 5.32 Å². The van der Waals surface area contributed by atoms with Gasteiger partial charge >= 0.3 is 0 Å². The molecule has 0 radical (unpaired) electrons. The van der Waals surface area contributed by atoms with Gasteiger partial charge in [-0.05, 0) is 38.5 Å². The Morgan fingerprint density at radius 2 is 2.10 bits per heavy atom. The molecule has 0 amide bonds. The number of hydrogen-bond donors (Lipinski definition) is 1. The SMILES string of the molecule is Cc1cc(CN2CC(C)NCC2C)c2ccccc2n1. The third-order valence-corrected chi connectivity index (χ3v) is 4.20. The van der Waals surface area contributed by atoms with Gasteiger partial charge in [0.05, 0.1) is 5.52 Å². The van der Waals surface area contributed by atoms with E-state index in [0.717, 1.165) is 30.8 Å². The Balaban J connectivity index is 1.93. The van der Waals surface area contributed by atoms with Crippen LogP contribution in [0.3, 0.4) is 0 Å². The molecule has 3 nitrogen and oxygen atoms in total. The molecule has 1 N–H and O–H groups in total. The quantitative estimate of drug-likeness (QED) is 0.908. The lowest BCUT2D eigenvalue weighted by Crippen LogP contribution is -2.53. The van der Waals surface area contributed by atoms with Crippen LogP contribution >= 0.6 is 0 Å². The number of aryl methyl sites for hydroxylation is 1. The summed E-state index contributed by atoms with van der Waals surface area (Å²) in [5, 5.41) is 4.83. The number of aromatic nitrogens is 1. The topological polar surface area (TPSA) is 28.2 Å². The summed E-state index contributed by atoms with van der Waals surface area (Å²) in [6.45, 7) is 9.83. The first-order valence-electron chi connectivity index (χ1n) is 7.46. The lowest BCUT2D eigenvalue weighted by molar-refractivity contribution is 0.139. The minimum Gasteiger partial charge on any atom is -0.311 e. The van der Waals surface area contributed by atoms with Crippen LogP contribution in [0, 0.1) is 6.92 Å². The molecule has 0 bridgehead atoms. The Kier molecular flexibility index (Phi) is 3.72. The highest BCUT2D eigenvalue weighted by atomic mass is 15.2. The number of benzene rings is 1. The van der Waals surface area contributed by atoms with Gasteiger partial charge in [0.15, 0.2) is 0 Å². The van der Waals surface area contributed by atoms with Crippen LogP contribution in [0.25, 0.3) is 10.9 Å². The van der Waals surface area contributed by atoms with Crippen molar-refractivity contribution in [3.05, 3.63) is 41.6 Å². The second kappa shape index (κ2) is 5.51. The Hall–Kier alpha value is -1.45. The van der Waals surface area contributed by atoms with Gasteiger partial charge in [-0.15, -0.1) is 0 Å². The monoisotopic (exact) mass is 269 g/mol. The number of para-hydroxylation sites is 1. The maximum absolute atomic E-state index is 4.63. The van der Waals surface area contributed by atoms with Crippen LogP contribution in [-0.2, 0) is 6.54 Å². The average Bonchev–Trinajstić information content (AvgIpc) is 2.43. The second-order valence-electron chi connectivity index (χ2n) is 6.03. The van der Waals surface area contributed by atoms with Crippen LogP contribution in [-0.4, -0.2) is 35.1 Å². The van der Waals surface area contributed by atoms with E-state index in [1.807, 2.05) is 0 Å². The molecule has 1 fully saturated rings. The average molecular weight is 269 g/mol. The summed E-state index contributed by atoms with van der Waals surface area (Å²) in [4.78, 5) is 7.20. The highest BCUT2D eigenvalue weighted by molar-refractivity contribution is 5.82. The third-order valence-electron chi connectivity index (χ3n) is 4.20. The smallest absolute Gasteiger partial charge is 0.0708 e. The van der Waals surface area contributed by atoms with Crippen molar-refractivity contribution in [3.63, 3.8) is 0 Å². The van der Waals surface area contributed by atoms with Crippen molar-refractivity contribution in [1.29, 1.82) is 0 Å². The number of fused-ring (bicyclic) bond motifs is 1. The standard InChI is InChI=1S/C17H23N3/c1-12-8-15(16-6-4-5-7-17(16)19-12)11-20-10-13(2)18-9-14(20)3/h4-8,13-14,18H,9-11H2,1-3H3. The summed E-state index contributed by atoms with van der Waals surface area (Å²) in [7, 11) is 0. The normalized spacial score (nSPS) is 24.1. The molecule has 0 spiro atoms. The van der Waals surface area contributed by atoms with Crippen LogP contribution in [0.2, 0.25) is 0 Å². The molecule has 1 aliphatic heterocycles. The molecular weight excluding hydrogens is 246 g/mol. The molecular formula is C17H23N3.